The fourth-order valence-corrected chi connectivity index (χ4v) is 3.89. The van der Waals surface area contributed by atoms with Gasteiger partial charge in [-0.25, -0.2) is 9.97 Å². The van der Waals surface area contributed by atoms with Crippen molar-refractivity contribution in [2.24, 2.45) is 0 Å². The van der Waals surface area contributed by atoms with Gasteiger partial charge in [-0.05, 0) is 62.2 Å². The molecule has 0 atom stereocenters. The average Bonchev–Trinajstić information content (AvgIpc) is 3.45. The molecule has 1 fully saturated rings. The first-order valence-corrected chi connectivity index (χ1v) is 10.5. The number of aryl methyl sites for hydroxylation is 1. The van der Waals surface area contributed by atoms with Crippen LogP contribution in [0.1, 0.15) is 29.0 Å². The number of rotatable bonds is 5. The predicted octanol–water partition coefficient (Wildman–Crippen LogP) is 4.63. The zero-order valence-electron chi connectivity index (χ0n) is 17.4. The topological polar surface area (TPSA) is 74.6 Å². The van der Waals surface area contributed by atoms with E-state index >= 15 is 0 Å². The van der Waals surface area contributed by atoms with Crippen molar-refractivity contribution in [3.05, 3.63) is 78.4 Å². The van der Waals surface area contributed by atoms with Gasteiger partial charge >= 0.3 is 0 Å². The van der Waals surface area contributed by atoms with E-state index in [1.165, 1.54) is 12.8 Å². The monoisotopic (exact) mass is 412 g/mol. The van der Waals surface area contributed by atoms with Crippen LogP contribution in [0.2, 0.25) is 0 Å². The summed E-state index contributed by atoms with van der Waals surface area (Å²) in [5.74, 6) is 2.35. The van der Waals surface area contributed by atoms with Gasteiger partial charge in [0.1, 0.15) is 17.5 Å². The third kappa shape index (κ3) is 4.21. The van der Waals surface area contributed by atoms with E-state index in [0.29, 0.717) is 5.56 Å². The highest BCUT2D eigenvalue weighted by atomic mass is 16.1. The molecule has 4 aromatic rings. The van der Waals surface area contributed by atoms with Gasteiger partial charge in [0.25, 0.3) is 5.91 Å². The van der Waals surface area contributed by atoms with Crippen LogP contribution in [0.5, 0.6) is 0 Å². The van der Waals surface area contributed by atoms with Gasteiger partial charge in [0.05, 0.1) is 5.56 Å². The van der Waals surface area contributed by atoms with Gasteiger partial charge in [0, 0.05) is 48.4 Å². The Morgan fingerprint density at radius 3 is 2.52 bits per heavy atom. The summed E-state index contributed by atoms with van der Waals surface area (Å²) in [6, 6.07) is 17.4. The lowest BCUT2D eigenvalue weighted by Gasteiger charge is -2.18. The molecule has 0 radical (unpaired) electrons. The van der Waals surface area contributed by atoms with Crippen LogP contribution in [0.25, 0.3) is 5.52 Å². The van der Waals surface area contributed by atoms with E-state index in [-0.39, 0.29) is 5.91 Å². The van der Waals surface area contributed by atoms with E-state index < -0.39 is 0 Å². The Balaban J connectivity index is 1.27. The number of aromatic nitrogens is 3. The lowest BCUT2D eigenvalue weighted by atomic mass is 10.2. The molecule has 1 amide bonds. The normalized spacial score (nSPS) is 13.5. The van der Waals surface area contributed by atoms with Crippen LogP contribution in [0.3, 0.4) is 0 Å². The quantitative estimate of drug-likeness (QED) is 0.500. The van der Waals surface area contributed by atoms with Gasteiger partial charge in [-0.1, -0.05) is 6.07 Å². The maximum Gasteiger partial charge on any atom is 0.257 e. The second-order valence-electron chi connectivity index (χ2n) is 7.77. The van der Waals surface area contributed by atoms with Gasteiger partial charge in [-0.3, -0.25) is 4.79 Å². The molecule has 7 nitrogen and oxygen atoms in total. The van der Waals surface area contributed by atoms with E-state index in [9.17, 15) is 4.79 Å². The van der Waals surface area contributed by atoms with Crippen molar-refractivity contribution in [2.75, 3.05) is 28.6 Å². The third-order valence-electron chi connectivity index (χ3n) is 5.44. The van der Waals surface area contributed by atoms with Crippen LogP contribution in [-0.2, 0) is 0 Å². The molecule has 1 aromatic carbocycles. The molecular weight excluding hydrogens is 388 g/mol. The minimum Gasteiger partial charge on any atom is -0.356 e. The number of nitrogens with one attached hydrogen (secondary N) is 2. The Morgan fingerprint density at radius 2 is 1.74 bits per heavy atom. The second-order valence-corrected chi connectivity index (χ2v) is 7.77. The van der Waals surface area contributed by atoms with Crippen LogP contribution in [0.4, 0.5) is 23.0 Å². The molecule has 0 unspecified atom stereocenters. The Hall–Kier alpha value is -3.87. The Kier molecular flexibility index (Phi) is 5.00. The number of hydrogen-bond acceptors (Lipinski definition) is 5. The second kappa shape index (κ2) is 8.10. The van der Waals surface area contributed by atoms with Gasteiger partial charge in [0.15, 0.2) is 0 Å². The first kappa shape index (κ1) is 19.1. The van der Waals surface area contributed by atoms with Crippen LogP contribution >= 0.6 is 0 Å². The maximum absolute atomic E-state index is 12.6. The van der Waals surface area contributed by atoms with Crippen molar-refractivity contribution in [3.63, 3.8) is 0 Å². The molecule has 0 aliphatic carbocycles. The molecule has 156 valence electrons. The molecule has 5 rings (SSSR count). The molecule has 1 saturated heterocycles. The van der Waals surface area contributed by atoms with Crippen molar-refractivity contribution >= 4 is 34.4 Å². The van der Waals surface area contributed by atoms with Gasteiger partial charge in [-0.2, -0.15) is 0 Å². The van der Waals surface area contributed by atoms with Crippen molar-refractivity contribution < 1.29 is 4.79 Å². The van der Waals surface area contributed by atoms with E-state index in [1.807, 2.05) is 78.3 Å². The molecule has 0 bridgehead atoms. The molecule has 3 aromatic heterocycles. The van der Waals surface area contributed by atoms with Gasteiger partial charge in [0.2, 0.25) is 0 Å². The highest BCUT2D eigenvalue weighted by Crippen LogP contribution is 2.24. The van der Waals surface area contributed by atoms with Crippen molar-refractivity contribution in [2.45, 2.75) is 19.8 Å². The lowest BCUT2D eigenvalue weighted by molar-refractivity contribution is 0.102. The number of carbonyl (C=O) groups excluding carboxylic acids is 1. The average molecular weight is 412 g/mol. The van der Waals surface area contributed by atoms with Crippen LogP contribution in [0.15, 0.2) is 67.0 Å². The van der Waals surface area contributed by atoms with E-state index in [1.54, 1.807) is 0 Å². The molecule has 0 spiro atoms. The molecule has 31 heavy (non-hydrogen) atoms. The van der Waals surface area contributed by atoms with Crippen molar-refractivity contribution in [1.29, 1.82) is 0 Å². The number of pyridine rings is 1. The number of carbonyl (C=O) groups is 1. The summed E-state index contributed by atoms with van der Waals surface area (Å²) in [5.41, 5.74) is 3.25. The standard InChI is InChI=1S/C24H24N6O/c1-17-25-22(15-23(26-17)29-11-4-5-12-29)27-19-7-9-20(10-8-19)28-24(31)18-14-21-6-2-3-13-30(21)16-18/h2-3,6-10,13-16H,4-5,11-12H2,1H3,(H,28,31)(H,25,26,27). The molecule has 2 N–H and O–H groups in total. The molecular formula is C24H24N6O. The van der Waals surface area contributed by atoms with Crippen LogP contribution in [0, 0.1) is 6.92 Å². The Labute approximate surface area is 180 Å². The summed E-state index contributed by atoms with van der Waals surface area (Å²) in [6.45, 7) is 4.00. The number of hydrogen-bond donors (Lipinski definition) is 2. The van der Waals surface area contributed by atoms with E-state index in [2.05, 4.69) is 25.5 Å². The van der Waals surface area contributed by atoms with Crippen molar-refractivity contribution in [1.82, 2.24) is 14.4 Å². The third-order valence-corrected chi connectivity index (χ3v) is 5.44. The Morgan fingerprint density at radius 1 is 0.968 bits per heavy atom. The minimum atomic E-state index is -0.133. The fourth-order valence-electron chi connectivity index (χ4n) is 3.89. The summed E-state index contributed by atoms with van der Waals surface area (Å²) in [5, 5.41) is 6.30. The molecule has 1 aliphatic rings. The fraction of sp³-hybridized carbons (Fsp3) is 0.208. The van der Waals surface area contributed by atoms with E-state index in [4.69, 9.17) is 0 Å². The number of amides is 1. The SMILES string of the molecule is Cc1nc(Nc2ccc(NC(=O)c3cc4ccccn4c3)cc2)cc(N2CCCC2)n1. The lowest BCUT2D eigenvalue weighted by Crippen LogP contribution is -2.19. The number of nitrogens with zero attached hydrogens (tertiary/aromatic N) is 4. The highest BCUT2D eigenvalue weighted by Gasteiger charge is 2.15. The minimum absolute atomic E-state index is 0.133. The number of benzene rings is 1. The first-order valence-electron chi connectivity index (χ1n) is 10.5. The number of fused-ring (bicyclic) bond motifs is 1. The molecule has 1 aliphatic heterocycles. The molecule has 0 saturated carbocycles. The zero-order valence-corrected chi connectivity index (χ0v) is 17.4. The summed E-state index contributed by atoms with van der Waals surface area (Å²) in [4.78, 5) is 24.0. The summed E-state index contributed by atoms with van der Waals surface area (Å²) < 4.78 is 1.93. The largest absolute Gasteiger partial charge is 0.356 e. The number of anilines is 4. The first-order chi connectivity index (χ1) is 15.1. The van der Waals surface area contributed by atoms with Crippen molar-refractivity contribution in [3.8, 4) is 0 Å². The van der Waals surface area contributed by atoms with E-state index in [0.717, 1.165) is 47.4 Å². The zero-order chi connectivity index (χ0) is 21.2. The summed E-state index contributed by atoms with van der Waals surface area (Å²) in [6.07, 6.45) is 6.17. The van der Waals surface area contributed by atoms with Crippen LogP contribution < -0.4 is 15.5 Å². The smallest absolute Gasteiger partial charge is 0.257 e. The maximum atomic E-state index is 12.6. The molecule has 4 heterocycles. The highest BCUT2D eigenvalue weighted by molar-refractivity contribution is 6.05. The summed E-state index contributed by atoms with van der Waals surface area (Å²) in [7, 11) is 0. The van der Waals surface area contributed by atoms with Gasteiger partial charge in [-0.15, -0.1) is 0 Å². The van der Waals surface area contributed by atoms with Gasteiger partial charge < -0.3 is 19.9 Å². The summed E-state index contributed by atoms with van der Waals surface area (Å²) >= 11 is 0. The van der Waals surface area contributed by atoms with Crippen LogP contribution in [-0.4, -0.2) is 33.4 Å². The predicted molar refractivity (Wildman–Crippen MR) is 123 cm³/mol. The Bertz CT molecular complexity index is 1190. The molecule has 7 heteroatoms.